The normalized spacial score (nSPS) is 10.2. The van der Waals surface area contributed by atoms with Gasteiger partial charge in [-0.15, -0.1) is 0 Å². The van der Waals surface area contributed by atoms with Gasteiger partial charge in [-0.2, -0.15) is 0 Å². The van der Waals surface area contributed by atoms with Crippen LogP contribution in [0.2, 0.25) is 5.02 Å². The molecule has 110 valence electrons. The molecule has 0 atom stereocenters. The lowest BCUT2D eigenvalue weighted by atomic mass is 10.2. The van der Waals surface area contributed by atoms with E-state index in [4.69, 9.17) is 11.6 Å². The molecule has 5 heteroatoms. The van der Waals surface area contributed by atoms with Gasteiger partial charge in [0.05, 0.1) is 10.7 Å². The van der Waals surface area contributed by atoms with Gasteiger partial charge in [0.25, 0.3) is 0 Å². The zero-order valence-corrected chi connectivity index (χ0v) is 13.0. The molecule has 0 aliphatic carbocycles. The molecule has 0 aliphatic rings. The molecular weight excluding hydrogens is 276 g/mol. The Hall–Kier alpha value is -1.55. The average Bonchev–Trinajstić information content (AvgIpc) is 2.42. The Bertz CT molecular complexity index is 473. The lowest BCUT2D eigenvalue weighted by Crippen LogP contribution is -2.36. The van der Waals surface area contributed by atoms with E-state index in [9.17, 15) is 9.59 Å². The molecule has 20 heavy (non-hydrogen) atoms. The Kier molecular flexibility index (Phi) is 6.52. The molecule has 1 rings (SSSR count). The van der Waals surface area contributed by atoms with Crippen LogP contribution in [0.1, 0.15) is 27.2 Å². The number of carbonyl (C=O) groups excluding carboxylic acids is 2. The van der Waals surface area contributed by atoms with E-state index in [2.05, 4.69) is 0 Å². The summed E-state index contributed by atoms with van der Waals surface area (Å²) in [7, 11) is 0. The zero-order valence-electron chi connectivity index (χ0n) is 12.2. The van der Waals surface area contributed by atoms with Crippen LogP contribution in [0, 0.1) is 0 Å². The van der Waals surface area contributed by atoms with Crippen LogP contribution in [0.3, 0.4) is 0 Å². The van der Waals surface area contributed by atoms with Gasteiger partial charge < -0.3 is 9.80 Å². The van der Waals surface area contributed by atoms with Crippen LogP contribution in [0.25, 0.3) is 0 Å². The number of hydrogen-bond acceptors (Lipinski definition) is 2. The van der Waals surface area contributed by atoms with Gasteiger partial charge in [-0.1, -0.05) is 23.7 Å². The van der Waals surface area contributed by atoms with Crippen LogP contribution in [-0.2, 0) is 9.59 Å². The number of hydrogen-bond donors (Lipinski definition) is 0. The standard InChI is InChI=1S/C15H21ClN2O2/c1-4-17(5-2)15(20)10-11-18(12(3)19)14-9-7-6-8-13(14)16/h6-9H,4-5,10-11H2,1-3H3. The van der Waals surface area contributed by atoms with Crippen molar-refractivity contribution in [1.82, 2.24) is 4.90 Å². The van der Waals surface area contributed by atoms with Crippen molar-refractivity contribution in [3.8, 4) is 0 Å². The number of nitrogens with zero attached hydrogens (tertiary/aromatic N) is 2. The summed E-state index contributed by atoms with van der Waals surface area (Å²) in [6.45, 7) is 7.07. The maximum Gasteiger partial charge on any atom is 0.224 e. The lowest BCUT2D eigenvalue weighted by molar-refractivity contribution is -0.130. The lowest BCUT2D eigenvalue weighted by Gasteiger charge is -2.24. The highest BCUT2D eigenvalue weighted by molar-refractivity contribution is 6.33. The minimum absolute atomic E-state index is 0.0494. The highest BCUT2D eigenvalue weighted by atomic mass is 35.5. The number of benzene rings is 1. The Morgan fingerprint density at radius 1 is 1.15 bits per heavy atom. The summed E-state index contributed by atoms with van der Waals surface area (Å²) in [5, 5.41) is 0.512. The molecule has 0 radical (unpaired) electrons. The quantitative estimate of drug-likeness (QED) is 0.810. The van der Waals surface area contributed by atoms with E-state index in [0.717, 1.165) is 0 Å². The van der Waals surface area contributed by atoms with E-state index in [1.165, 1.54) is 6.92 Å². The van der Waals surface area contributed by atoms with Gasteiger partial charge in [0.2, 0.25) is 11.8 Å². The minimum Gasteiger partial charge on any atom is -0.343 e. The third-order valence-electron chi connectivity index (χ3n) is 3.19. The Balaban J connectivity index is 2.78. The molecule has 0 fully saturated rings. The first-order valence-electron chi connectivity index (χ1n) is 6.81. The molecule has 0 saturated heterocycles. The van der Waals surface area contributed by atoms with E-state index in [-0.39, 0.29) is 11.8 Å². The van der Waals surface area contributed by atoms with Crippen molar-refractivity contribution in [3.63, 3.8) is 0 Å². The third kappa shape index (κ3) is 4.23. The molecule has 2 amide bonds. The summed E-state index contributed by atoms with van der Waals surface area (Å²) < 4.78 is 0. The molecule has 0 aromatic heterocycles. The molecule has 0 bridgehead atoms. The van der Waals surface area contributed by atoms with E-state index < -0.39 is 0 Å². The highest BCUT2D eigenvalue weighted by Crippen LogP contribution is 2.25. The summed E-state index contributed by atoms with van der Waals surface area (Å²) in [4.78, 5) is 27.1. The third-order valence-corrected chi connectivity index (χ3v) is 3.51. The fraction of sp³-hybridized carbons (Fsp3) is 0.467. The summed E-state index contributed by atoms with van der Waals surface area (Å²) >= 11 is 6.11. The molecule has 0 N–H and O–H groups in total. The number of anilines is 1. The van der Waals surface area contributed by atoms with Gasteiger partial charge in [0, 0.05) is 33.0 Å². The van der Waals surface area contributed by atoms with Crippen LogP contribution >= 0.6 is 11.6 Å². The smallest absolute Gasteiger partial charge is 0.224 e. The molecule has 0 saturated carbocycles. The SMILES string of the molecule is CCN(CC)C(=O)CCN(C(C)=O)c1ccccc1Cl. The minimum atomic E-state index is -0.120. The van der Waals surface area contributed by atoms with E-state index in [1.54, 1.807) is 21.9 Å². The molecule has 1 aromatic carbocycles. The Labute approximate surface area is 125 Å². The maximum absolute atomic E-state index is 12.0. The number of rotatable bonds is 6. The zero-order chi connectivity index (χ0) is 15.1. The summed E-state index contributed by atoms with van der Waals surface area (Å²) in [6.07, 6.45) is 0.298. The van der Waals surface area contributed by atoms with Gasteiger partial charge >= 0.3 is 0 Å². The van der Waals surface area contributed by atoms with Gasteiger partial charge in [-0.05, 0) is 26.0 Å². The second-order valence-corrected chi connectivity index (χ2v) is 4.85. The summed E-state index contributed by atoms with van der Waals surface area (Å²) in [5.41, 5.74) is 0.647. The summed E-state index contributed by atoms with van der Waals surface area (Å²) in [6, 6.07) is 7.15. The van der Waals surface area contributed by atoms with Crippen LogP contribution in [0.5, 0.6) is 0 Å². The molecule has 0 aliphatic heterocycles. The molecule has 1 aromatic rings. The average molecular weight is 297 g/mol. The fourth-order valence-corrected chi connectivity index (χ4v) is 2.30. The maximum atomic E-state index is 12.0. The first kappa shape index (κ1) is 16.5. The van der Waals surface area contributed by atoms with Crippen LogP contribution in [0.15, 0.2) is 24.3 Å². The largest absolute Gasteiger partial charge is 0.343 e. The molecule has 4 nitrogen and oxygen atoms in total. The first-order valence-corrected chi connectivity index (χ1v) is 7.19. The summed E-state index contributed by atoms with van der Waals surface area (Å²) in [5.74, 6) is -0.0706. The van der Waals surface area contributed by atoms with Gasteiger partial charge in [-0.3, -0.25) is 9.59 Å². The van der Waals surface area contributed by atoms with E-state index in [0.29, 0.717) is 36.8 Å². The van der Waals surface area contributed by atoms with Crippen molar-refractivity contribution in [3.05, 3.63) is 29.3 Å². The Morgan fingerprint density at radius 2 is 1.75 bits per heavy atom. The molecule has 0 spiro atoms. The molecule has 0 heterocycles. The van der Waals surface area contributed by atoms with Crippen LogP contribution in [0.4, 0.5) is 5.69 Å². The van der Waals surface area contributed by atoms with Crippen molar-refractivity contribution >= 4 is 29.1 Å². The fourth-order valence-electron chi connectivity index (χ4n) is 2.06. The van der Waals surface area contributed by atoms with Crippen molar-refractivity contribution in [2.75, 3.05) is 24.5 Å². The number of halogens is 1. The Morgan fingerprint density at radius 3 is 2.25 bits per heavy atom. The van der Waals surface area contributed by atoms with E-state index >= 15 is 0 Å². The van der Waals surface area contributed by atoms with Crippen LogP contribution < -0.4 is 4.90 Å². The number of amides is 2. The van der Waals surface area contributed by atoms with Crippen molar-refractivity contribution in [2.45, 2.75) is 27.2 Å². The van der Waals surface area contributed by atoms with Crippen molar-refractivity contribution in [1.29, 1.82) is 0 Å². The molecular formula is C15H21ClN2O2. The van der Waals surface area contributed by atoms with Crippen molar-refractivity contribution < 1.29 is 9.59 Å². The predicted octanol–water partition coefficient (Wildman–Crippen LogP) is 2.95. The predicted molar refractivity (Wildman–Crippen MR) is 82.0 cm³/mol. The monoisotopic (exact) mass is 296 g/mol. The first-order chi connectivity index (χ1) is 9.51. The topological polar surface area (TPSA) is 40.6 Å². The second kappa shape index (κ2) is 7.90. The highest BCUT2D eigenvalue weighted by Gasteiger charge is 2.17. The second-order valence-electron chi connectivity index (χ2n) is 4.44. The number of carbonyl (C=O) groups is 2. The molecule has 0 unspecified atom stereocenters. The van der Waals surface area contributed by atoms with E-state index in [1.807, 2.05) is 26.0 Å². The van der Waals surface area contributed by atoms with Crippen LogP contribution in [-0.4, -0.2) is 36.3 Å². The van der Waals surface area contributed by atoms with Gasteiger partial charge in [0.15, 0.2) is 0 Å². The van der Waals surface area contributed by atoms with Gasteiger partial charge in [-0.25, -0.2) is 0 Å². The van der Waals surface area contributed by atoms with Crippen molar-refractivity contribution in [2.24, 2.45) is 0 Å². The number of para-hydroxylation sites is 1. The van der Waals surface area contributed by atoms with Gasteiger partial charge in [0.1, 0.15) is 0 Å².